The van der Waals surface area contributed by atoms with E-state index in [0.717, 1.165) is 17.3 Å². The molecule has 1 heteroatoms. The van der Waals surface area contributed by atoms with Gasteiger partial charge in [-0.05, 0) is 54.9 Å². The van der Waals surface area contributed by atoms with E-state index in [1.165, 1.54) is 45.3 Å². The van der Waals surface area contributed by atoms with Crippen molar-refractivity contribution in [1.29, 1.82) is 0 Å². The first-order valence-corrected chi connectivity index (χ1v) is 7.50. The van der Waals surface area contributed by atoms with Crippen LogP contribution in [0.5, 0.6) is 0 Å². The predicted molar refractivity (Wildman–Crippen MR) is 75.1 cm³/mol. The van der Waals surface area contributed by atoms with E-state index >= 15 is 0 Å². The van der Waals surface area contributed by atoms with Gasteiger partial charge in [0.25, 0.3) is 0 Å². The molecule has 1 heterocycles. The van der Waals surface area contributed by atoms with E-state index in [2.05, 4.69) is 39.5 Å². The van der Waals surface area contributed by atoms with E-state index in [-0.39, 0.29) is 0 Å². The first-order chi connectivity index (χ1) is 7.78. The molecule has 1 spiro atoms. The molecule has 0 bridgehead atoms. The zero-order chi connectivity index (χ0) is 12.7. The van der Waals surface area contributed by atoms with Crippen LogP contribution in [0, 0.1) is 22.7 Å². The average molecular weight is 237 g/mol. The van der Waals surface area contributed by atoms with Gasteiger partial charge in [-0.25, -0.2) is 0 Å². The number of hydrogen-bond donors (Lipinski definition) is 0. The van der Waals surface area contributed by atoms with Gasteiger partial charge in [-0.3, -0.25) is 0 Å². The number of likely N-dealkylation sites (tertiary alicyclic amines) is 1. The molecule has 2 fully saturated rings. The maximum absolute atomic E-state index is 2.71. The van der Waals surface area contributed by atoms with Crippen molar-refractivity contribution in [3.8, 4) is 0 Å². The van der Waals surface area contributed by atoms with Crippen LogP contribution in [0.4, 0.5) is 0 Å². The maximum Gasteiger partial charge on any atom is 0.00388 e. The van der Waals surface area contributed by atoms with E-state index in [4.69, 9.17) is 0 Å². The Kier molecular flexibility index (Phi) is 3.60. The van der Waals surface area contributed by atoms with Gasteiger partial charge in [0.15, 0.2) is 0 Å². The molecular weight excluding hydrogens is 206 g/mol. The SMILES string of the molecule is CC(C)CN1CCC2(CC(CC(C)(C)C)C2)C1. The number of nitrogens with zero attached hydrogens (tertiary/aromatic N) is 1. The van der Waals surface area contributed by atoms with Crippen LogP contribution in [-0.2, 0) is 0 Å². The lowest BCUT2D eigenvalue weighted by atomic mass is 9.58. The molecule has 1 nitrogen and oxygen atoms in total. The lowest BCUT2D eigenvalue weighted by molar-refractivity contribution is 0.0358. The van der Waals surface area contributed by atoms with E-state index in [1.54, 1.807) is 0 Å². The summed E-state index contributed by atoms with van der Waals surface area (Å²) in [6.07, 6.45) is 5.93. The van der Waals surface area contributed by atoms with Gasteiger partial charge in [-0.1, -0.05) is 34.6 Å². The first kappa shape index (κ1) is 13.4. The van der Waals surface area contributed by atoms with Crippen LogP contribution < -0.4 is 0 Å². The van der Waals surface area contributed by atoms with E-state index in [0.29, 0.717) is 5.41 Å². The average Bonchev–Trinajstić information content (AvgIpc) is 2.43. The fourth-order valence-electron chi connectivity index (χ4n) is 4.21. The minimum atomic E-state index is 0.530. The fourth-order valence-corrected chi connectivity index (χ4v) is 4.21. The smallest absolute Gasteiger partial charge is 0.00388 e. The third kappa shape index (κ3) is 3.47. The van der Waals surface area contributed by atoms with Crippen molar-refractivity contribution in [2.24, 2.45) is 22.7 Å². The summed E-state index contributed by atoms with van der Waals surface area (Å²) in [7, 11) is 0. The van der Waals surface area contributed by atoms with Crippen molar-refractivity contribution in [3.63, 3.8) is 0 Å². The highest BCUT2D eigenvalue weighted by atomic mass is 15.2. The second-order valence-corrected chi connectivity index (χ2v) is 8.42. The van der Waals surface area contributed by atoms with Gasteiger partial charge < -0.3 is 4.90 Å². The largest absolute Gasteiger partial charge is 0.303 e. The van der Waals surface area contributed by atoms with Crippen LogP contribution >= 0.6 is 0 Å². The zero-order valence-corrected chi connectivity index (χ0v) is 12.6. The van der Waals surface area contributed by atoms with Gasteiger partial charge in [0.2, 0.25) is 0 Å². The third-order valence-electron chi connectivity index (χ3n) is 4.49. The van der Waals surface area contributed by atoms with Crippen LogP contribution in [0.2, 0.25) is 0 Å². The Morgan fingerprint density at radius 3 is 2.41 bits per heavy atom. The lowest BCUT2D eigenvalue weighted by Crippen LogP contribution is -2.41. The third-order valence-corrected chi connectivity index (χ3v) is 4.49. The summed E-state index contributed by atoms with van der Waals surface area (Å²) < 4.78 is 0. The first-order valence-electron chi connectivity index (χ1n) is 7.50. The predicted octanol–water partition coefficient (Wildman–Crippen LogP) is 4.18. The topological polar surface area (TPSA) is 3.24 Å². The Hall–Kier alpha value is -0.0400. The quantitative estimate of drug-likeness (QED) is 0.712. The molecule has 1 aliphatic carbocycles. The summed E-state index contributed by atoms with van der Waals surface area (Å²) >= 11 is 0. The summed E-state index contributed by atoms with van der Waals surface area (Å²) in [6.45, 7) is 15.9. The summed E-state index contributed by atoms with van der Waals surface area (Å²) in [5.74, 6) is 1.85. The minimum Gasteiger partial charge on any atom is -0.303 e. The van der Waals surface area contributed by atoms with Crippen molar-refractivity contribution in [3.05, 3.63) is 0 Å². The monoisotopic (exact) mass is 237 g/mol. The normalized spacial score (nSPS) is 34.6. The lowest BCUT2D eigenvalue weighted by Gasteiger charge is -2.47. The molecule has 0 atom stereocenters. The Balaban J connectivity index is 1.75. The highest BCUT2D eigenvalue weighted by Gasteiger charge is 2.48. The summed E-state index contributed by atoms with van der Waals surface area (Å²) in [5.41, 5.74) is 1.27. The molecule has 17 heavy (non-hydrogen) atoms. The molecule has 1 aliphatic heterocycles. The van der Waals surface area contributed by atoms with Gasteiger partial charge in [-0.15, -0.1) is 0 Å². The number of rotatable bonds is 3. The van der Waals surface area contributed by atoms with Gasteiger partial charge in [0.05, 0.1) is 0 Å². The molecular formula is C16H31N. The molecule has 2 aliphatic rings. The molecule has 0 N–H and O–H groups in total. The Bertz CT molecular complexity index is 255. The van der Waals surface area contributed by atoms with Gasteiger partial charge >= 0.3 is 0 Å². The molecule has 0 aromatic rings. The number of hydrogen-bond acceptors (Lipinski definition) is 1. The van der Waals surface area contributed by atoms with Gasteiger partial charge in [0.1, 0.15) is 0 Å². The molecule has 0 radical (unpaired) electrons. The molecule has 0 aromatic heterocycles. The standard InChI is InChI=1S/C16H31N/c1-13(2)11-17-7-6-16(12-17)9-14(10-16)8-15(3,4)5/h13-14H,6-12H2,1-5H3. The fraction of sp³-hybridized carbons (Fsp3) is 1.00. The highest BCUT2D eigenvalue weighted by molar-refractivity contribution is 5.00. The molecule has 1 saturated heterocycles. The van der Waals surface area contributed by atoms with Crippen molar-refractivity contribution < 1.29 is 0 Å². The highest BCUT2D eigenvalue weighted by Crippen LogP contribution is 2.54. The maximum atomic E-state index is 2.71. The Labute approximate surface area is 108 Å². The van der Waals surface area contributed by atoms with Crippen LogP contribution in [0.1, 0.15) is 60.3 Å². The molecule has 100 valence electrons. The molecule has 0 aromatic carbocycles. The van der Waals surface area contributed by atoms with Crippen molar-refractivity contribution in [1.82, 2.24) is 4.90 Å². The Morgan fingerprint density at radius 2 is 1.88 bits per heavy atom. The van der Waals surface area contributed by atoms with E-state index in [1.807, 2.05) is 0 Å². The molecule has 0 amide bonds. The van der Waals surface area contributed by atoms with Gasteiger partial charge in [0, 0.05) is 13.1 Å². The second kappa shape index (κ2) is 4.57. The summed E-state index contributed by atoms with van der Waals surface area (Å²) in [4.78, 5) is 2.71. The summed E-state index contributed by atoms with van der Waals surface area (Å²) in [5, 5.41) is 0. The molecule has 1 saturated carbocycles. The van der Waals surface area contributed by atoms with Crippen molar-refractivity contribution in [2.75, 3.05) is 19.6 Å². The summed E-state index contributed by atoms with van der Waals surface area (Å²) in [6, 6.07) is 0. The molecule has 2 rings (SSSR count). The van der Waals surface area contributed by atoms with E-state index < -0.39 is 0 Å². The van der Waals surface area contributed by atoms with Crippen LogP contribution in [0.25, 0.3) is 0 Å². The van der Waals surface area contributed by atoms with Crippen LogP contribution in [0.15, 0.2) is 0 Å². The second-order valence-electron chi connectivity index (χ2n) is 8.42. The van der Waals surface area contributed by atoms with Crippen LogP contribution in [0.3, 0.4) is 0 Å². The van der Waals surface area contributed by atoms with Crippen molar-refractivity contribution in [2.45, 2.75) is 60.3 Å². The minimum absolute atomic E-state index is 0.530. The van der Waals surface area contributed by atoms with Crippen LogP contribution in [-0.4, -0.2) is 24.5 Å². The molecule has 0 unspecified atom stereocenters. The van der Waals surface area contributed by atoms with Crippen molar-refractivity contribution >= 4 is 0 Å². The zero-order valence-electron chi connectivity index (χ0n) is 12.6. The van der Waals surface area contributed by atoms with E-state index in [9.17, 15) is 0 Å². The van der Waals surface area contributed by atoms with Gasteiger partial charge in [-0.2, -0.15) is 0 Å². The Morgan fingerprint density at radius 1 is 1.24 bits per heavy atom.